The van der Waals surface area contributed by atoms with Crippen LogP contribution in [-0.2, 0) is 22.7 Å². The minimum absolute atomic E-state index is 0.268. The number of aryl methyl sites for hydroxylation is 1. The van der Waals surface area contributed by atoms with E-state index in [4.69, 9.17) is 14.2 Å². The van der Waals surface area contributed by atoms with Crippen LogP contribution in [0.2, 0.25) is 0 Å². The van der Waals surface area contributed by atoms with Gasteiger partial charge < -0.3 is 14.2 Å². The second-order valence-electron chi connectivity index (χ2n) is 7.99. The van der Waals surface area contributed by atoms with E-state index < -0.39 is 0 Å². The molecule has 168 valence electrons. The van der Waals surface area contributed by atoms with E-state index in [2.05, 4.69) is 36.2 Å². The Hall–Kier alpha value is -3.47. The average molecular weight is 440 g/mol. The Balaban J connectivity index is 1.36. The fourth-order valence-electron chi connectivity index (χ4n) is 3.42. The van der Waals surface area contributed by atoms with Gasteiger partial charge in [0.1, 0.15) is 6.10 Å². The van der Waals surface area contributed by atoms with Crippen LogP contribution in [0.1, 0.15) is 16.7 Å². The summed E-state index contributed by atoms with van der Waals surface area (Å²) in [4.78, 5) is 4.52. The van der Waals surface area contributed by atoms with E-state index >= 15 is 0 Å². The van der Waals surface area contributed by atoms with Gasteiger partial charge in [-0.25, -0.2) is 4.98 Å². The van der Waals surface area contributed by atoms with E-state index in [1.807, 2.05) is 79.0 Å². The first-order valence-corrected chi connectivity index (χ1v) is 11.2. The van der Waals surface area contributed by atoms with Crippen molar-refractivity contribution in [3.05, 3.63) is 120 Å². The van der Waals surface area contributed by atoms with E-state index in [1.54, 1.807) is 0 Å². The number of rotatable bonds is 11. The predicted octanol–water partition coefficient (Wildman–Crippen LogP) is 6.24. The van der Waals surface area contributed by atoms with Gasteiger partial charge in [-0.2, -0.15) is 0 Å². The van der Waals surface area contributed by atoms with Gasteiger partial charge in [-0.3, -0.25) is 0 Å². The molecule has 0 N–H and O–H groups in total. The van der Waals surface area contributed by atoms with Crippen molar-refractivity contribution in [1.29, 1.82) is 0 Å². The molecule has 0 aliphatic heterocycles. The first kappa shape index (κ1) is 22.7. The minimum atomic E-state index is -0.268. The molecule has 4 heteroatoms. The standard InChI is InChI=1S/C29H29NO3/c1-23-12-14-26(15-13-23)27-16-17-29(30-18-27)33-28(21-31-19-24-8-4-2-5-9-24)22-32-20-25-10-6-3-7-11-25/h2-18,28H,19-22H2,1H3. The fourth-order valence-corrected chi connectivity index (χ4v) is 3.42. The molecule has 4 rings (SSSR count). The van der Waals surface area contributed by atoms with Crippen LogP contribution in [0, 0.1) is 6.92 Å². The van der Waals surface area contributed by atoms with Crippen LogP contribution in [0.25, 0.3) is 11.1 Å². The number of ether oxygens (including phenoxy) is 3. The first-order valence-electron chi connectivity index (χ1n) is 11.2. The third-order valence-corrected chi connectivity index (χ3v) is 5.24. The van der Waals surface area contributed by atoms with E-state index in [0.29, 0.717) is 32.3 Å². The highest BCUT2D eigenvalue weighted by molar-refractivity contribution is 5.62. The lowest BCUT2D eigenvalue weighted by Gasteiger charge is -2.19. The van der Waals surface area contributed by atoms with Gasteiger partial charge in [0.25, 0.3) is 0 Å². The number of hydrogen-bond acceptors (Lipinski definition) is 4. The van der Waals surface area contributed by atoms with Gasteiger partial charge in [0.15, 0.2) is 0 Å². The van der Waals surface area contributed by atoms with E-state index in [1.165, 1.54) is 5.56 Å². The molecule has 1 aromatic heterocycles. The second-order valence-corrected chi connectivity index (χ2v) is 7.99. The van der Waals surface area contributed by atoms with E-state index in [0.717, 1.165) is 22.3 Å². The van der Waals surface area contributed by atoms with Crippen molar-refractivity contribution in [3.63, 3.8) is 0 Å². The Morgan fingerprint density at radius 1 is 0.636 bits per heavy atom. The zero-order valence-electron chi connectivity index (χ0n) is 18.9. The summed E-state index contributed by atoms with van der Waals surface area (Å²) in [6, 6.07) is 32.6. The maximum absolute atomic E-state index is 6.14. The molecule has 4 nitrogen and oxygen atoms in total. The monoisotopic (exact) mass is 439 g/mol. The molecular formula is C29H29NO3. The first-order chi connectivity index (χ1) is 16.3. The molecule has 0 saturated heterocycles. The zero-order valence-corrected chi connectivity index (χ0v) is 18.9. The second kappa shape index (κ2) is 12.0. The molecule has 0 aliphatic carbocycles. The maximum atomic E-state index is 6.14. The minimum Gasteiger partial charge on any atom is -0.469 e. The Bertz CT molecular complexity index is 1040. The summed E-state index contributed by atoms with van der Waals surface area (Å²) in [5.41, 5.74) is 5.68. The van der Waals surface area contributed by atoms with Crippen LogP contribution < -0.4 is 4.74 Å². The highest BCUT2D eigenvalue weighted by Gasteiger charge is 2.13. The maximum Gasteiger partial charge on any atom is 0.213 e. The molecule has 0 aliphatic rings. The molecule has 0 radical (unpaired) electrons. The summed E-state index contributed by atoms with van der Waals surface area (Å²) < 4.78 is 18.0. The van der Waals surface area contributed by atoms with Crippen molar-refractivity contribution >= 4 is 0 Å². The van der Waals surface area contributed by atoms with Crippen LogP contribution in [0.5, 0.6) is 5.88 Å². The van der Waals surface area contributed by atoms with Crippen molar-refractivity contribution in [3.8, 4) is 17.0 Å². The van der Waals surface area contributed by atoms with Gasteiger partial charge in [-0.1, -0.05) is 90.5 Å². The van der Waals surface area contributed by atoms with Crippen LogP contribution in [0.3, 0.4) is 0 Å². The molecule has 0 amide bonds. The van der Waals surface area contributed by atoms with Crippen molar-refractivity contribution in [2.75, 3.05) is 13.2 Å². The van der Waals surface area contributed by atoms with Gasteiger partial charge in [0, 0.05) is 17.8 Å². The van der Waals surface area contributed by atoms with E-state index in [-0.39, 0.29) is 6.10 Å². The topological polar surface area (TPSA) is 40.6 Å². The Morgan fingerprint density at radius 2 is 1.18 bits per heavy atom. The largest absolute Gasteiger partial charge is 0.469 e. The fraction of sp³-hybridized carbons (Fsp3) is 0.207. The molecule has 1 heterocycles. The summed E-state index contributed by atoms with van der Waals surface area (Å²) in [5, 5.41) is 0. The lowest BCUT2D eigenvalue weighted by atomic mass is 10.1. The highest BCUT2D eigenvalue weighted by atomic mass is 16.6. The molecule has 0 saturated carbocycles. The third-order valence-electron chi connectivity index (χ3n) is 5.24. The molecule has 0 bridgehead atoms. The average Bonchev–Trinajstić information content (AvgIpc) is 2.86. The van der Waals surface area contributed by atoms with Gasteiger partial charge >= 0.3 is 0 Å². The zero-order chi connectivity index (χ0) is 22.7. The molecule has 4 aromatic rings. The quantitative estimate of drug-likeness (QED) is 0.277. The van der Waals surface area contributed by atoms with Crippen molar-refractivity contribution in [1.82, 2.24) is 4.98 Å². The summed E-state index contributed by atoms with van der Waals surface area (Å²) in [6.45, 7) is 3.95. The summed E-state index contributed by atoms with van der Waals surface area (Å²) in [7, 11) is 0. The lowest BCUT2D eigenvalue weighted by Crippen LogP contribution is -2.29. The molecule has 0 atom stereocenters. The van der Waals surface area contributed by atoms with Crippen LogP contribution >= 0.6 is 0 Å². The molecule has 0 spiro atoms. The van der Waals surface area contributed by atoms with Gasteiger partial charge in [-0.05, 0) is 29.7 Å². The summed E-state index contributed by atoms with van der Waals surface area (Å²) in [6.07, 6.45) is 1.57. The van der Waals surface area contributed by atoms with E-state index in [9.17, 15) is 0 Å². The van der Waals surface area contributed by atoms with Crippen molar-refractivity contribution < 1.29 is 14.2 Å². The van der Waals surface area contributed by atoms with Crippen molar-refractivity contribution in [2.24, 2.45) is 0 Å². The molecule has 33 heavy (non-hydrogen) atoms. The Labute approximate surface area is 195 Å². The lowest BCUT2D eigenvalue weighted by molar-refractivity contribution is -0.0173. The SMILES string of the molecule is Cc1ccc(-c2ccc(OC(COCc3ccccc3)COCc3ccccc3)nc2)cc1. The normalized spacial score (nSPS) is 11.0. The van der Waals surface area contributed by atoms with Gasteiger partial charge in [-0.15, -0.1) is 0 Å². The smallest absolute Gasteiger partial charge is 0.213 e. The summed E-state index contributed by atoms with van der Waals surface area (Å²) in [5.74, 6) is 0.558. The van der Waals surface area contributed by atoms with Crippen LogP contribution in [0.15, 0.2) is 103 Å². The number of benzene rings is 3. The predicted molar refractivity (Wildman–Crippen MR) is 131 cm³/mol. The number of hydrogen-bond donors (Lipinski definition) is 0. The van der Waals surface area contributed by atoms with Crippen LogP contribution in [0.4, 0.5) is 0 Å². The Kier molecular flexibility index (Phi) is 8.23. The third kappa shape index (κ3) is 7.28. The van der Waals surface area contributed by atoms with Crippen molar-refractivity contribution in [2.45, 2.75) is 26.2 Å². The molecule has 0 unspecified atom stereocenters. The molecule has 3 aromatic carbocycles. The number of nitrogens with zero attached hydrogens (tertiary/aromatic N) is 1. The molecular weight excluding hydrogens is 410 g/mol. The number of aromatic nitrogens is 1. The highest BCUT2D eigenvalue weighted by Crippen LogP contribution is 2.21. The molecule has 0 fully saturated rings. The van der Waals surface area contributed by atoms with Gasteiger partial charge in [0.05, 0.1) is 26.4 Å². The summed E-state index contributed by atoms with van der Waals surface area (Å²) >= 11 is 0. The Morgan fingerprint density at radius 3 is 1.70 bits per heavy atom. The number of pyridine rings is 1. The van der Waals surface area contributed by atoms with Gasteiger partial charge in [0.2, 0.25) is 5.88 Å². The van der Waals surface area contributed by atoms with Crippen LogP contribution in [-0.4, -0.2) is 24.3 Å².